The number of hydrogen-bond acceptors (Lipinski definition) is 3. The fourth-order valence-electron chi connectivity index (χ4n) is 1.27. The van der Waals surface area contributed by atoms with Gasteiger partial charge in [-0.15, -0.1) is 11.8 Å². The van der Waals surface area contributed by atoms with Crippen LogP contribution in [0.1, 0.15) is 5.56 Å². The summed E-state index contributed by atoms with van der Waals surface area (Å²) < 4.78 is 0. The van der Waals surface area contributed by atoms with Gasteiger partial charge in [0.05, 0.1) is 6.07 Å². The van der Waals surface area contributed by atoms with Crippen LogP contribution in [0.3, 0.4) is 0 Å². The van der Waals surface area contributed by atoms with Crippen LogP contribution in [0.5, 0.6) is 0 Å². The second kappa shape index (κ2) is 5.00. The third-order valence-corrected chi connectivity index (χ3v) is 1.96. The Balaban J connectivity index is 0.00000112. The van der Waals surface area contributed by atoms with Gasteiger partial charge in [-0.3, -0.25) is 0 Å². The first kappa shape index (κ1) is 11.8. The number of hydrogen-bond donors (Lipinski definition) is 0. The summed E-state index contributed by atoms with van der Waals surface area (Å²) in [5.41, 5.74) is 1.53. The third kappa shape index (κ3) is 2.61. The molecule has 0 saturated heterocycles. The molecule has 0 fully saturated rings. The van der Waals surface area contributed by atoms with Crippen molar-refractivity contribution in [2.45, 2.75) is 0 Å². The van der Waals surface area contributed by atoms with Crippen LogP contribution in [0.25, 0.3) is 0 Å². The van der Waals surface area contributed by atoms with Crippen LogP contribution in [0.4, 0.5) is 5.69 Å². The summed E-state index contributed by atoms with van der Waals surface area (Å²) in [7, 11) is 1.95. The summed E-state index contributed by atoms with van der Waals surface area (Å²) in [6, 6.07) is 10.5. The molecule has 0 radical (unpaired) electrons. The zero-order valence-electron chi connectivity index (χ0n) is 8.12. The molecule has 0 unspecified atom stereocenters. The molecule has 0 amide bonds. The fourth-order valence-corrected chi connectivity index (χ4v) is 1.27. The van der Waals surface area contributed by atoms with Crippen LogP contribution in [-0.2, 0) is 21.1 Å². The Morgan fingerprint density at radius 3 is 2.87 bits per heavy atom. The van der Waals surface area contributed by atoms with E-state index in [9.17, 15) is 0 Å². The minimum absolute atomic E-state index is 0. The van der Waals surface area contributed by atoms with Gasteiger partial charge in [0.25, 0.3) is 0 Å². The zero-order valence-corrected chi connectivity index (χ0v) is 10.4. The summed E-state index contributed by atoms with van der Waals surface area (Å²) in [5, 5.41) is 8.74. The summed E-state index contributed by atoms with van der Waals surface area (Å²) in [6.45, 7) is 1.92. The van der Waals surface area contributed by atoms with Crippen molar-refractivity contribution in [3.63, 3.8) is 0 Å². The summed E-state index contributed by atoms with van der Waals surface area (Å²) in [6.07, 6.45) is 3.86. The quantitative estimate of drug-likeness (QED) is 0.697. The van der Waals surface area contributed by atoms with E-state index in [-0.39, 0.29) is 21.1 Å². The average Bonchev–Trinajstić information content (AvgIpc) is 2.65. The summed E-state index contributed by atoms with van der Waals surface area (Å²) in [5.74, 6) is 0. The molecular formula is C11H9N3Pt. The van der Waals surface area contributed by atoms with E-state index in [1.54, 1.807) is 18.2 Å². The van der Waals surface area contributed by atoms with Crippen molar-refractivity contribution < 1.29 is 21.1 Å². The Morgan fingerprint density at radius 1 is 1.47 bits per heavy atom. The van der Waals surface area contributed by atoms with Crippen molar-refractivity contribution in [1.29, 1.82) is 5.26 Å². The number of nitriles is 1. The van der Waals surface area contributed by atoms with E-state index in [1.807, 2.05) is 35.9 Å². The molecule has 0 aromatic heterocycles. The Bertz CT molecular complexity index is 409. The Hall–Kier alpha value is -1.26. The maximum absolute atomic E-state index is 8.74. The molecule has 0 N–H and O–H groups in total. The van der Waals surface area contributed by atoms with E-state index in [2.05, 4.69) is 12.1 Å². The first-order valence-corrected chi connectivity index (χ1v) is 4.25. The smallest absolute Gasteiger partial charge is 0.510 e. The Kier molecular flexibility index (Phi) is 3.94. The SMILES string of the molecule is CN1C=CN(c2[c-]ccc(C#N)c2)[CH-]1.[Pt+2]. The van der Waals surface area contributed by atoms with E-state index < -0.39 is 0 Å². The van der Waals surface area contributed by atoms with Gasteiger partial charge in [0.2, 0.25) is 0 Å². The van der Waals surface area contributed by atoms with Crippen molar-refractivity contribution >= 4 is 5.69 Å². The molecule has 4 heteroatoms. The van der Waals surface area contributed by atoms with Gasteiger partial charge in [-0.05, 0) is 19.4 Å². The second-order valence-corrected chi connectivity index (χ2v) is 3.06. The van der Waals surface area contributed by atoms with Crippen molar-refractivity contribution in [1.82, 2.24) is 4.90 Å². The average molecular weight is 378 g/mol. The molecule has 0 saturated carbocycles. The van der Waals surface area contributed by atoms with Crippen LogP contribution < -0.4 is 4.90 Å². The Morgan fingerprint density at radius 2 is 2.27 bits per heavy atom. The number of nitrogens with zero attached hydrogens (tertiary/aromatic N) is 3. The number of anilines is 1. The standard InChI is InChI=1S/C11H9N3.Pt/c1-13-5-6-14(9-13)11-4-2-3-10(7-11)8-12;/h2-3,5-7,9H,1H3;/q-2;+2. The topological polar surface area (TPSA) is 30.3 Å². The van der Waals surface area contributed by atoms with Gasteiger partial charge in [0.1, 0.15) is 0 Å². The minimum atomic E-state index is 0. The van der Waals surface area contributed by atoms with E-state index in [0.29, 0.717) is 5.56 Å². The molecule has 0 aliphatic carbocycles. The predicted octanol–water partition coefficient (Wildman–Crippen LogP) is 1.70. The van der Waals surface area contributed by atoms with E-state index in [1.165, 1.54) is 0 Å². The van der Waals surface area contributed by atoms with Crippen LogP contribution in [-0.4, -0.2) is 11.9 Å². The van der Waals surface area contributed by atoms with Crippen LogP contribution >= 0.6 is 0 Å². The van der Waals surface area contributed by atoms with Crippen LogP contribution in [0, 0.1) is 24.1 Å². The first-order chi connectivity index (χ1) is 6.79. The molecule has 78 valence electrons. The molecule has 1 aromatic carbocycles. The fraction of sp³-hybridized carbons (Fsp3) is 0.0909. The Labute approximate surface area is 104 Å². The summed E-state index contributed by atoms with van der Waals surface area (Å²) in [4.78, 5) is 3.85. The maximum atomic E-state index is 8.74. The molecule has 2 rings (SSSR count). The van der Waals surface area contributed by atoms with Gasteiger partial charge >= 0.3 is 21.1 Å². The van der Waals surface area contributed by atoms with E-state index >= 15 is 0 Å². The number of rotatable bonds is 1. The molecule has 0 bridgehead atoms. The monoisotopic (exact) mass is 378 g/mol. The van der Waals surface area contributed by atoms with Gasteiger partial charge in [0, 0.05) is 0 Å². The van der Waals surface area contributed by atoms with Gasteiger partial charge in [-0.2, -0.15) is 30.1 Å². The van der Waals surface area contributed by atoms with Crippen molar-refractivity contribution in [2.24, 2.45) is 0 Å². The van der Waals surface area contributed by atoms with Gasteiger partial charge in [-0.1, -0.05) is 5.56 Å². The van der Waals surface area contributed by atoms with Crippen molar-refractivity contribution in [3.05, 3.63) is 48.9 Å². The zero-order chi connectivity index (χ0) is 9.97. The van der Waals surface area contributed by atoms with E-state index in [4.69, 9.17) is 5.26 Å². The van der Waals surface area contributed by atoms with Crippen LogP contribution in [0.2, 0.25) is 0 Å². The second-order valence-electron chi connectivity index (χ2n) is 3.06. The number of benzene rings is 1. The van der Waals surface area contributed by atoms with Gasteiger partial charge < -0.3 is 9.80 Å². The van der Waals surface area contributed by atoms with Crippen molar-refractivity contribution in [2.75, 3.05) is 11.9 Å². The molecule has 3 nitrogen and oxygen atoms in total. The molecule has 15 heavy (non-hydrogen) atoms. The minimum Gasteiger partial charge on any atom is -0.510 e. The largest absolute Gasteiger partial charge is 2.00 e. The maximum Gasteiger partial charge on any atom is 2.00 e. The van der Waals surface area contributed by atoms with Crippen LogP contribution in [0.15, 0.2) is 30.6 Å². The van der Waals surface area contributed by atoms with Crippen molar-refractivity contribution in [3.8, 4) is 6.07 Å². The predicted molar refractivity (Wildman–Crippen MR) is 53.7 cm³/mol. The molecule has 0 spiro atoms. The van der Waals surface area contributed by atoms with Gasteiger partial charge in [0.15, 0.2) is 0 Å². The molecule has 1 heterocycles. The molecular weight excluding hydrogens is 369 g/mol. The normalized spacial score (nSPS) is 13.6. The molecule has 1 aromatic rings. The van der Waals surface area contributed by atoms with Gasteiger partial charge in [-0.25, -0.2) is 0 Å². The summed E-state index contributed by atoms with van der Waals surface area (Å²) >= 11 is 0. The third-order valence-electron chi connectivity index (χ3n) is 1.96. The first-order valence-electron chi connectivity index (χ1n) is 4.25. The molecule has 0 atom stereocenters. The molecule has 1 aliphatic heterocycles. The molecule has 1 aliphatic rings. The van der Waals surface area contributed by atoms with E-state index in [0.717, 1.165) is 5.69 Å².